The van der Waals surface area contributed by atoms with Crippen molar-refractivity contribution in [1.82, 2.24) is 10.9 Å². The van der Waals surface area contributed by atoms with Gasteiger partial charge in [0.1, 0.15) is 0 Å². The molecule has 0 heterocycles. The highest BCUT2D eigenvalue weighted by atomic mass is 32.1. The third-order valence-corrected chi connectivity index (χ3v) is 0.464. The number of amides is 1. The molecular weight excluding hydrogens is 150 g/mol. The predicted octanol–water partition coefficient (Wildman–Crippen LogP) is -0.103. The van der Waals surface area contributed by atoms with Gasteiger partial charge in [0.2, 0.25) is 5.91 Å². The predicted molar refractivity (Wildman–Crippen MR) is 45.1 cm³/mol. The lowest BCUT2D eigenvalue weighted by molar-refractivity contribution is -0.119. The SMILES string of the molecule is CC.CC(=O)NNC(N)=S. The zero-order chi connectivity index (χ0) is 8.57. The maximum Gasteiger partial charge on any atom is 0.235 e. The van der Waals surface area contributed by atoms with Crippen molar-refractivity contribution >= 4 is 23.2 Å². The Kier molecular flexibility index (Phi) is 9.71. The van der Waals surface area contributed by atoms with Crippen LogP contribution >= 0.6 is 12.2 Å². The highest BCUT2D eigenvalue weighted by Gasteiger charge is 1.86. The van der Waals surface area contributed by atoms with Crippen molar-refractivity contribution in [2.45, 2.75) is 20.8 Å². The molecule has 0 saturated carbocycles. The van der Waals surface area contributed by atoms with E-state index in [1.54, 1.807) is 0 Å². The van der Waals surface area contributed by atoms with Crippen LogP contribution < -0.4 is 16.6 Å². The van der Waals surface area contributed by atoms with Gasteiger partial charge in [0.25, 0.3) is 0 Å². The van der Waals surface area contributed by atoms with Gasteiger partial charge >= 0.3 is 0 Å². The molecule has 0 radical (unpaired) electrons. The van der Waals surface area contributed by atoms with Gasteiger partial charge in [-0.2, -0.15) is 0 Å². The number of thiocarbonyl (C=S) groups is 1. The van der Waals surface area contributed by atoms with Crippen LogP contribution in [-0.4, -0.2) is 11.0 Å². The lowest BCUT2D eigenvalue weighted by atomic mass is 10.8. The fourth-order valence-electron chi connectivity index (χ4n) is 0.150. The van der Waals surface area contributed by atoms with Crippen molar-refractivity contribution in [1.29, 1.82) is 0 Å². The molecular formula is C5H13N3OS. The fourth-order valence-corrected chi connectivity index (χ4v) is 0.201. The first-order valence-electron chi connectivity index (χ1n) is 2.95. The topological polar surface area (TPSA) is 67.2 Å². The van der Waals surface area contributed by atoms with Crippen molar-refractivity contribution in [3.63, 3.8) is 0 Å². The minimum absolute atomic E-state index is 0.0557. The van der Waals surface area contributed by atoms with Crippen LogP contribution in [0, 0.1) is 0 Å². The summed E-state index contributed by atoms with van der Waals surface area (Å²) in [7, 11) is 0. The van der Waals surface area contributed by atoms with Crippen LogP contribution in [-0.2, 0) is 4.79 Å². The molecule has 0 unspecified atom stereocenters. The molecule has 0 aliphatic heterocycles. The van der Waals surface area contributed by atoms with Crippen LogP contribution in [0.2, 0.25) is 0 Å². The van der Waals surface area contributed by atoms with Crippen LogP contribution in [0.25, 0.3) is 0 Å². The summed E-state index contributed by atoms with van der Waals surface area (Å²) in [5.74, 6) is -0.224. The van der Waals surface area contributed by atoms with E-state index in [4.69, 9.17) is 5.73 Å². The Morgan fingerprint density at radius 2 is 1.80 bits per heavy atom. The molecule has 0 aromatic rings. The van der Waals surface area contributed by atoms with Crippen LogP contribution in [0.3, 0.4) is 0 Å². The van der Waals surface area contributed by atoms with E-state index in [0.717, 1.165) is 0 Å². The van der Waals surface area contributed by atoms with E-state index in [1.165, 1.54) is 6.92 Å². The van der Waals surface area contributed by atoms with E-state index < -0.39 is 0 Å². The van der Waals surface area contributed by atoms with Gasteiger partial charge in [0, 0.05) is 6.92 Å². The maximum absolute atomic E-state index is 10.1. The summed E-state index contributed by atoms with van der Waals surface area (Å²) in [5.41, 5.74) is 9.39. The van der Waals surface area contributed by atoms with Gasteiger partial charge in [-0.15, -0.1) is 0 Å². The molecule has 4 nitrogen and oxygen atoms in total. The number of hydrogen-bond donors (Lipinski definition) is 3. The molecule has 4 N–H and O–H groups in total. The molecule has 60 valence electrons. The van der Waals surface area contributed by atoms with E-state index in [-0.39, 0.29) is 11.0 Å². The normalized spacial score (nSPS) is 6.70. The number of hydrazine groups is 1. The van der Waals surface area contributed by atoms with E-state index in [0.29, 0.717) is 0 Å². The van der Waals surface area contributed by atoms with Gasteiger partial charge in [-0.05, 0) is 12.2 Å². The van der Waals surface area contributed by atoms with E-state index in [2.05, 4.69) is 23.1 Å². The lowest BCUT2D eigenvalue weighted by Gasteiger charge is -2.00. The Morgan fingerprint density at radius 1 is 1.40 bits per heavy atom. The second kappa shape index (κ2) is 8.16. The standard InChI is InChI=1S/C3H7N3OS.C2H6/c1-2(7)5-6-3(4)8;1-2/h1H3,(H,5,7)(H3,4,6,8);1-2H3. The molecule has 0 aromatic heterocycles. The molecule has 0 aliphatic carbocycles. The van der Waals surface area contributed by atoms with Gasteiger partial charge in [-0.1, -0.05) is 13.8 Å². The molecule has 0 atom stereocenters. The minimum Gasteiger partial charge on any atom is -0.375 e. The maximum atomic E-state index is 10.1. The molecule has 0 rings (SSSR count). The van der Waals surface area contributed by atoms with Gasteiger partial charge in [0.15, 0.2) is 5.11 Å². The molecule has 0 bridgehead atoms. The second-order valence-corrected chi connectivity index (χ2v) is 1.61. The van der Waals surface area contributed by atoms with Crippen LogP contribution in [0.4, 0.5) is 0 Å². The summed E-state index contributed by atoms with van der Waals surface area (Å²) in [6.07, 6.45) is 0. The van der Waals surface area contributed by atoms with Crippen molar-refractivity contribution in [2.75, 3.05) is 0 Å². The van der Waals surface area contributed by atoms with E-state index in [9.17, 15) is 4.79 Å². The summed E-state index contributed by atoms with van der Waals surface area (Å²) in [4.78, 5) is 10.1. The molecule has 0 spiro atoms. The first kappa shape index (κ1) is 11.9. The third-order valence-electron chi connectivity index (χ3n) is 0.362. The van der Waals surface area contributed by atoms with Crippen molar-refractivity contribution < 1.29 is 4.79 Å². The molecule has 0 aromatic carbocycles. The first-order valence-corrected chi connectivity index (χ1v) is 3.36. The highest BCUT2D eigenvalue weighted by Crippen LogP contribution is 1.53. The van der Waals surface area contributed by atoms with Crippen molar-refractivity contribution in [3.05, 3.63) is 0 Å². The zero-order valence-electron chi connectivity index (χ0n) is 6.39. The molecule has 0 saturated heterocycles. The van der Waals surface area contributed by atoms with Crippen molar-refractivity contribution in [2.24, 2.45) is 5.73 Å². The summed E-state index contributed by atoms with van der Waals surface area (Å²) in [5, 5.41) is 0.0557. The average Bonchev–Trinajstić information content (AvgIpc) is 1.89. The monoisotopic (exact) mass is 163 g/mol. The molecule has 1 amide bonds. The summed E-state index contributed by atoms with van der Waals surface area (Å²) < 4.78 is 0. The lowest BCUT2D eigenvalue weighted by Crippen LogP contribution is -2.43. The Balaban J connectivity index is 0. The number of nitrogens with one attached hydrogen (secondary N) is 2. The van der Waals surface area contributed by atoms with E-state index >= 15 is 0 Å². The van der Waals surface area contributed by atoms with Gasteiger partial charge in [0.05, 0.1) is 0 Å². The average molecular weight is 163 g/mol. The minimum atomic E-state index is -0.224. The molecule has 0 fully saturated rings. The number of carbonyl (C=O) groups is 1. The Bertz CT molecular complexity index is 101. The Morgan fingerprint density at radius 3 is 1.90 bits per heavy atom. The molecule has 10 heavy (non-hydrogen) atoms. The number of hydrogen-bond acceptors (Lipinski definition) is 2. The largest absolute Gasteiger partial charge is 0.375 e. The number of rotatable bonds is 0. The molecule has 5 heteroatoms. The van der Waals surface area contributed by atoms with Gasteiger partial charge in [-0.3, -0.25) is 15.6 Å². The third kappa shape index (κ3) is 15.7. The zero-order valence-corrected chi connectivity index (χ0v) is 7.21. The fraction of sp³-hybridized carbons (Fsp3) is 0.600. The van der Waals surface area contributed by atoms with Crippen LogP contribution in [0.1, 0.15) is 20.8 Å². The van der Waals surface area contributed by atoms with Gasteiger partial charge < -0.3 is 5.73 Å². The summed E-state index contributed by atoms with van der Waals surface area (Å²) in [6, 6.07) is 0. The van der Waals surface area contributed by atoms with Crippen molar-refractivity contribution in [3.8, 4) is 0 Å². The number of carbonyl (C=O) groups excluding carboxylic acids is 1. The summed E-state index contributed by atoms with van der Waals surface area (Å²) >= 11 is 4.37. The Hall–Kier alpha value is -0.840. The molecule has 0 aliphatic rings. The van der Waals surface area contributed by atoms with Crippen LogP contribution in [0.15, 0.2) is 0 Å². The quantitative estimate of drug-likeness (QED) is 0.344. The smallest absolute Gasteiger partial charge is 0.235 e. The number of nitrogens with two attached hydrogens (primary N) is 1. The van der Waals surface area contributed by atoms with Gasteiger partial charge in [-0.25, -0.2) is 0 Å². The first-order chi connectivity index (χ1) is 4.63. The van der Waals surface area contributed by atoms with Crippen LogP contribution in [0.5, 0.6) is 0 Å². The second-order valence-electron chi connectivity index (χ2n) is 1.17. The Labute approximate surface area is 66.1 Å². The highest BCUT2D eigenvalue weighted by molar-refractivity contribution is 7.80. The van der Waals surface area contributed by atoms with E-state index in [1.807, 2.05) is 13.8 Å². The summed E-state index contributed by atoms with van der Waals surface area (Å²) in [6.45, 7) is 5.35.